The fourth-order valence-corrected chi connectivity index (χ4v) is 1.72. The van der Waals surface area contributed by atoms with Gasteiger partial charge in [0.1, 0.15) is 0 Å². The van der Waals surface area contributed by atoms with Crippen LogP contribution >= 0.6 is 11.6 Å². The van der Waals surface area contributed by atoms with Gasteiger partial charge in [-0.3, -0.25) is 4.79 Å². The van der Waals surface area contributed by atoms with Crippen molar-refractivity contribution in [2.75, 3.05) is 7.05 Å². The number of nitrogens with two attached hydrogens (primary N) is 1. The number of rotatable bonds is 6. The molecular formula is C14H17ClN2O. The minimum absolute atomic E-state index is 0.166. The maximum Gasteiger partial charge on any atom is 0.248 e. The zero-order valence-electron chi connectivity index (χ0n) is 10.3. The zero-order valence-corrected chi connectivity index (χ0v) is 11.1. The number of primary amides is 1. The molecule has 1 aromatic rings. The van der Waals surface area contributed by atoms with Gasteiger partial charge in [-0.25, -0.2) is 0 Å². The summed E-state index contributed by atoms with van der Waals surface area (Å²) < 4.78 is 0. The van der Waals surface area contributed by atoms with Crippen LogP contribution in [0.4, 0.5) is 0 Å². The van der Waals surface area contributed by atoms with Gasteiger partial charge in [0.2, 0.25) is 5.91 Å². The maximum atomic E-state index is 11.0. The summed E-state index contributed by atoms with van der Waals surface area (Å²) >= 11 is 5.65. The Morgan fingerprint density at radius 3 is 2.56 bits per heavy atom. The summed E-state index contributed by atoms with van der Waals surface area (Å²) in [6.45, 7) is 3.59. The van der Waals surface area contributed by atoms with Crippen molar-refractivity contribution in [2.45, 2.75) is 12.5 Å². The first-order chi connectivity index (χ1) is 8.54. The molecule has 1 rings (SSSR count). The molecule has 1 amide bonds. The number of nitrogens with one attached hydrogen (secondary N) is 1. The highest BCUT2D eigenvalue weighted by atomic mass is 35.5. The molecule has 0 fully saturated rings. The number of carbonyl (C=O) groups is 1. The summed E-state index contributed by atoms with van der Waals surface area (Å²) in [5.74, 6) is -0.416. The molecule has 0 aliphatic heterocycles. The van der Waals surface area contributed by atoms with Crippen molar-refractivity contribution in [1.29, 1.82) is 0 Å². The van der Waals surface area contributed by atoms with E-state index >= 15 is 0 Å². The third kappa shape index (κ3) is 4.35. The van der Waals surface area contributed by atoms with Gasteiger partial charge in [-0.1, -0.05) is 36.4 Å². The van der Waals surface area contributed by atoms with Crippen LogP contribution in [0.25, 0.3) is 0 Å². The molecule has 18 heavy (non-hydrogen) atoms. The van der Waals surface area contributed by atoms with Crippen molar-refractivity contribution in [1.82, 2.24) is 5.32 Å². The topological polar surface area (TPSA) is 55.1 Å². The van der Waals surface area contributed by atoms with E-state index in [1.54, 1.807) is 18.2 Å². The summed E-state index contributed by atoms with van der Waals surface area (Å²) in [6, 6.07) is 7.41. The summed E-state index contributed by atoms with van der Waals surface area (Å²) in [5, 5.41) is 3.71. The van der Waals surface area contributed by atoms with Gasteiger partial charge in [0.15, 0.2) is 0 Å². The van der Waals surface area contributed by atoms with Crippen molar-refractivity contribution in [3.8, 4) is 0 Å². The van der Waals surface area contributed by atoms with Gasteiger partial charge in [0, 0.05) is 16.6 Å². The highest BCUT2D eigenvalue weighted by Gasteiger charge is 2.08. The van der Waals surface area contributed by atoms with Crippen LogP contribution in [0.15, 0.2) is 48.0 Å². The predicted molar refractivity (Wildman–Crippen MR) is 75.5 cm³/mol. The van der Waals surface area contributed by atoms with Crippen molar-refractivity contribution >= 4 is 17.5 Å². The molecule has 0 aromatic heterocycles. The Balaban J connectivity index is 2.76. The van der Waals surface area contributed by atoms with E-state index in [0.29, 0.717) is 10.6 Å². The van der Waals surface area contributed by atoms with Crippen LogP contribution in [0.5, 0.6) is 0 Å². The Hall–Kier alpha value is -1.58. The molecule has 0 saturated heterocycles. The normalized spacial score (nSPS) is 12.6. The molecule has 3 nitrogen and oxygen atoms in total. The first-order valence-electron chi connectivity index (χ1n) is 5.62. The van der Waals surface area contributed by atoms with Crippen LogP contribution in [0.3, 0.4) is 0 Å². The fraction of sp³-hybridized carbons (Fsp3) is 0.214. The van der Waals surface area contributed by atoms with Crippen LogP contribution in [0.1, 0.15) is 28.4 Å². The smallest absolute Gasteiger partial charge is 0.248 e. The largest absolute Gasteiger partial charge is 0.366 e. The number of hydrogen-bond acceptors (Lipinski definition) is 2. The van der Waals surface area contributed by atoms with E-state index in [1.807, 2.05) is 25.3 Å². The second-order valence-corrected chi connectivity index (χ2v) is 4.40. The molecule has 0 aliphatic carbocycles. The Morgan fingerprint density at radius 2 is 2.11 bits per heavy atom. The predicted octanol–water partition coefficient (Wildman–Crippen LogP) is 2.74. The minimum atomic E-state index is -0.416. The second-order valence-electron chi connectivity index (χ2n) is 3.91. The summed E-state index contributed by atoms with van der Waals surface area (Å²) in [7, 11) is 1.88. The van der Waals surface area contributed by atoms with Crippen LogP contribution in [0.2, 0.25) is 0 Å². The molecule has 96 valence electrons. The quantitative estimate of drug-likeness (QED) is 0.777. The van der Waals surface area contributed by atoms with Gasteiger partial charge in [-0.05, 0) is 37.2 Å². The van der Waals surface area contributed by atoms with Crippen LogP contribution in [-0.2, 0) is 0 Å². The molecule has 0 heterocycles. The first kappa shape index (κ1) is 14.5. The SMILES string of the molecule is C=C(Cl)C=CCC(NC)c1ccc(C(N)=O)cc1. The number of allylic oxidation sites excluding steroid dienone is 2. The molecule has 3 N–H and O–H groups in total. The molecule has 0 bridgehead atoms. The van der Waals surface area contributed by atoms with Gasteiger partial charge in [-0.2, -0.15) is 0 Å². The number of benzene rings is 1. The monoisotopic (exact) mass is 264 g/mol. The van der Waals surface area contributed by atoms with Crippen molar-refractivity contribution in [3.63, 3.8) is 0 Å². The Bertz CT molecular complexity index is 451. The van der Waals surface area contributed by atoms with E-state index < -0.39 is 5.91 Å². The molecule has 1 atom stereocenters. The average molecular weight is 265 g/mol. The lowest BCUT2D eigenvalue weighted by atomic mass is 10.0. The van der Waals surface area contributed by atoms with Crippen molar-refractivity contribution in [3.05, 3.63) is 59.2 Å². The summed E-state index contributed by atoms with van der Waals surface area (Å²) in [6.07, 6.45) is 4.51. The lowest BCUT2D eigenvalue weighted by molar-refractivity contribution is 0.100. The van der Waals surface area contributed by atoms with Gasteiger partial charge in [0.25, 0.3) is 0 Å². The molecule has 4 heteroatoms. The highest BCUT2D eigenvalue weighted by molar-refractivity contribution is 6.30. The van der Waals surface area contributed by atoms with Crippen molar-refractivity contribution in [2.24, 2.45) is 5.73 Å². The standard InChI is InChI=1S/C14H17ClN2O/c1-10(15)4-3-5-13(17-2)11-6-8-12(9-7-11)14(16)18/h3-4,6-9,13,17H,1,5H2,2H3,(H2,16,18). The Kier molecular flexibility index (Phi) is 5.62. The number of halogens is 1. The van der Waals surface area contributed by atoms with Crippen LogP contribution < -0.4 is 11.1 Å². The zero-order chi connectivity index (χ0) is 13.5. The Labute approximate surface area is 112 Å². The van der Waals surface area contributed by atoms with Gasteiger partial charge in [-0.15, -0.1) is 0 Å². The van der Waals surface area contributed by atoms with E-state index in [2.05, 4.69) is 11.9 Å². The average Bonchev–Trinajstić information content (AvgIpc) is 2.34. The Morgan fingerprint density at radius 1 is 1.50 bits per heavy atom. The molecule has 0 saturated carbocycles. The highest BCUT2D eigenvalue weighted by Crippen LogP contribution is 2.18. The van der Waals surface area contributed by atoms with Gasteiger partial charge < -0.3 is 11.1 Å². The number of hydrogen-bond donors (Lipinski definition) is 2. The number of amides is 1. The molecule has 1 aromatic carbocycles. The van der Waals surface area contributed by atoms with E-state index in [4.69, 9.17) is 17.3 Å². The van der Waals surface area contributed by atoms with E-state index in [9.17, 15) is 4.79 Å². The van der Waals surface area contributed by atoms with E-state index in [1.165, 1.54) is 0 Å². The van der Waals surface area contributed by atoms with Crippen molar-refractivity contribution < 1.29 is 4.79 Å². The minimum Gasteiger partial charge on any atom is -0.366 e. The summed E-state index contributed by atoms with van der Waals surface area (Å²) in [5.41, 5.74) is 6.80. The van der Waals surface area contributed by atoms with Gasteiger partial charge >= 0.3 is 0 Å². The van der Waals surface area contributed by atoms with Gasteiger partial charge in [0.05, 0.1) is 0 Å². The lowest BCUT2D eigenvalue weighted by Crippen LogP contribution is -2.16. The molecule has 0 aliphatic rings. The van der Waals surface area contributed by atoms with Crippen LogP contribution in [0, 0.1) is 0 Å². The molecule has 0 radical (unpaired) electrons. The molecule has 1 unspecified atom stereocenters. The molecular weight excluding hydrogens is 248 g/mol. The molecule has 0 spiro atoms. The second kappa shape index (κ2) is 6.99. The first-order valence-corrected chi connectivity index (χ1v) is 6.00. The summed E-state index contributed by atoms with van der Waals surface area (Å²) in [4.78, 5) is 11.0. The fourth-order valence-electron chi connectivity index (χ4n) is 1.63. The van der Waals surface area contributed by atoms with Crippen LogP contribution in [-0.4, -0.2) is 13.0 Å². The third-order valence-electron chi connectivity index (χ3n) is 2.62. The third-order valence-corrected chi connectivity index (χ3v) is 2.74. The number of carbonyl (C=O) groups excluding carboxylic acids is 1. The maximum absolute atomic E-state index is 11.0. The van der Waals surface area contributed by atoms with E-state index in [0.717, 1.165) is 12.0 Å². The van der Waals surface area contributed by atoms with E-state index in [-0.39, 0.29) is 6.04 Å². The lowest BCUT2D eigenvalue weighted by Gasteiger charge is -2.14.